The Morgan fingerprint density at radius 2 is 1.89 bits per heavy atom. The molecule has 1 amide bonds. The molecule has 0 aliphatic heterocycles. The molecule has 2 rings (SSSR count). The number of ether oxygens (including phenoxy) is 2. The standard InChI is InChI=1S/C21H19N3O3/c1-15(2)27-20-5-3-4-18(13-20)24-21(25)17(14-23)12-16-6-8-19(9-7-16)26-11-10-22/h3-9,12-13,15H,11H2,1-2H3,(H,24,25)/b17-12-. The molecular weight excluding hydrogens is 342 g/mol. The Morgan fingerprint density at radius 1 is 1.15 bits per heavy atom. The van der Waals surface area contributed by atoms with E-state index in [9.17, 15) is 10.1 Å². The van der Waals surface area contributed by atoms with E-state index >= 15 is 0 Å². The molecule has 2 aromatic rings. The third-order valence-corrected chi connectivity index (χ3v) is 3.32. The van der Waals surface area contributed by atoms with Gasteiger partial charge in [0.25, 0.3) is 5.91 Å². The highest BCUT2D eigenvalue weighted by Crippen LogP contribution is 2.20. The lowest BCUT2D eigenvalue weighted by Crippen LogP contribution is -2.13. The summed E-state index contributed by atoms with van der Waals surface area (Å²) in [5.41, 5.74) is 1.18. The van der Waals surface area contributed by atoms with E-state index in [1.807, 2.05) is 26.0 Å². The summed E-state index contributed by atoms with van der Waals surface area (Å²) in [6.07, 6.45) is 1.50. The van der Waals surface area contributed by atoms with Crippen LogP contribution < -0.4 is 14.8 Å². The highest BCUT2D eigenvalue weighted by atomic mass is 16.5. The van der Waals surface area contributed by atoms with Crippen molar-refractivity contribution in [2.45, 2.75) is 20.0 Å². The van der Waals surface area contributed by atoms with E-state index in [0.717, 1.165) is 0 Å². The van der Waals surface area contributed by atoms with Gasteiger partial charge in [-0.2, -0.15) is 10.5 Å². The fourth-order valence-electron chi connectivity index (χ4n) is 2.21. The van der Waals surface area contributed by atoms with Gasteiger partial charge in [-0.3, -0.25) is 4.79 Å². The van der Waals surface area contributed by atoms with E-state index in [2.05, 4.69) is 5.32 Å². The number of benzene rings is 2. The minimum atomic E-state index is -0.510. The van der Waals surface area contributed by atoms with Crippen LogP contribution in [0.3, 0.4) is 0 Å². The molecule has 0 radical (unpaired) electrons. The monoisotopic (exact) mass is 361 g/mol. The number of rotatable bonds is 7. The molecule has 27 heavy (non-hydrogen) atoms. The van der Waals surface area contributed by atoms with Crippen LogP contribution in [-0.2, 0) is 4.79 Å². The molecule has 1 N–H and O–H groups in total. The van der Waals surface area contributed by atoms with Crippen molar-refractivity contribution in [3.8, 4) is 23.6 Å². The highest BCUT2D eigenvalue weighted by molar-refractivity contribution is 6.09. The van der Waals surface area contributed by atoms with Crippen LogP contribution in [0.25, 0.3) is 6.08 Å². The Kier molecular flexibility index (Phi) is 6.99. The van der Waals surface area contributed by atoms with E-state index in [0.29, 0.717) is 22.7 Å². The maximum absolute atomic E-state index is 12.4. The summed E-state index contributed by atoms with van der Waals surface area (Å²) in [5, 5.41) is 20.5. The van der Waals surface area contributed by atoms with Gasteiger partial charge >= 0.3 is 0 Å². The molecule has 0 aromatic heterocycles. The number of amides is 1. The first-order valence-electron chi connectivity index (χ1n) is 8.31. The van der Waals surface area contributed by atoms with Crippen LogP contribution in [0, 0.1) is 22.7 Å². The van der Waals surface area contributed by atoms with Gasteiger partial charge in [0.05, 0.1) is 6.10 Å². The summed E-state index contributed by atoms with van der Waals surface area (Å²) in [4.78, 5) is 12.4. The Bertz CT molecular complexity index is 904. The topological polar surface area (TPSA) is 95.1 Å². The molecule has 0 atom stereocenters. The lowest BCUT2D eigenvalue weighted by atomic mass is 10.1. The van der Waals surface area contributed by atoms with Gasteiger partial charge < -0.3 is 14.8 Å². The van der Waals surface area contributed by atoms with Gasteiger partial charge in [0, 0.05) is 11.8 Å². The molecule has 0 heterocycles. The van der Waals surface area contributed by atoms with Crippen LogP contribution in [0.1, 0.15) is 19.4 Å². The first-order chi connectivity index (χ1) is 13.0. The third kappa shape index (κ3) is 6.22. The normalized spacial score (nSPS) is 10.6. The quantitative estimate of drug-likeness (QED) is 0.596. The molecule has 2 aromatic carbocycles. The van der Waals surface area contributed by atoms with Gasteiger partial charge in [0.15, 0.2) is 6.61 Å². The van der Waals surface area contributed by atoms with Gasteiger partial charge in [0.1, 0.15) is 29.2 Å². The van der Waals surface area contributed by atoms with Crippen molar-refractivity contribution in [2.75, 3.05) is 11.9 Å². The van der Waals surface area contributed by atoms with Gasteiger partial charge in [-0.15, -0.1) is 0 Å². The van der Waals surface area contributed by atoms with Crippen LogP contribution >= 0.6 is 0 Å². The van der Waals surface area contributed by atoms with Crippen molar-refractivity contribution < 1.29 is 14.3 Å². The number of carbonyl (C=O) groups is 1. The molecule has 0 aliphatic rings. The van der Waals surface area contributed by atoms with E-state index in [1.165, 1.54) is 6.08 Å². The van der Waals surface area contributed by atoms with Crippen molar-refractivity contribution >= 4 is 17.7 Å². The molecule has 0 saturated carbocycles. The van der Waals surface area contributed by atoms with Gasteiger partial charge in [-0.25, -0.2) is 0 Å². The minimum Gasteiger partial charge on any atom is -0.491 e. The maximum atomic E-state index is 12.4. The molecular formula is C21H19N3O3. The minimum absolute atomic E-state index is 0.0191. The number of nitrogens with zero attached hydrogens (tertiary/aromatic N) is 2. The van der Waals surface area contributed by atoms with Crippen molar-refractivity contribution in [1.29, 1.82) is 10.5 Å². The maximum Gasteiger partial charge on any atom is 0.266 e. The molecule has 6 heteroatoms. The number of hydrogen-bond acceptors (Lipinski definition) is 5. The Morgan fingerprint density at radius 3 is 2.52 bits per heavy atom. The number of nitriles is 2. The van der Waals surface area contributed by atoms with E-state index in [-0.39, 0.29) is 18.3 Å². The average Bonchev–Trinajstić information content (AvgIpc) is 2.65. The number of nitrogens with one attached hydrogen (secondary N) is 1. The molecule has 0 saturated heterocycles. The number of anilines is 1. The van der Waals surface area contributed by atoms with Crippen LogP contribution in [0.5, 0.6) is 11.5 Å². The smallest absolute Gasteiger partial charge is 0.266 e. The van der Waals surface area contributed by atoms with Crippen molar-refractivity contribution in [3.05, 3.63) is 59.7 Å². The zero-order chi connectivity index (χ0) is 19.6. The second kappa shape index (κ2) is 9.65. The summed E-state index contributed by atoms with van der Waals surface area (Å²) in [5.74, 6) is 0.667. The van der Waals surface area contributed by atoms with Crippen LogP contribution in [-0.4, -0.2) is 18.6 Å². The first kappa shape index (κ1) is 19.6. The lowest BCUT2D eigenvalue weighted by molar-refractivity contribution is -0.112. The number of carbonyl (C=O) groups excluding carboxylic acids is 1. The van der Waals surface area contributed by atoms with Crippen molar-refractivity contribution in [2.24, 2.45) is 0 Å². The molecule has 0 fully saturated rings. The summed E-state index contributed by atoms with van der Waals surface area (Å²) in [6, 6.07) is 17.5. The molecule has 0 unspecified atom stereocenters. The Hall–Kier alpha value is -3.77. The molecule has 0 bridgehead atoms. The summed E-state index contributed by atoms with van der Waals surface area (Å²) >= 11 is 0. The molecule has 0 aliphatic carbocycles. The highest BCUT2D eigenvalue weighted by Gasteiger charge is 2.10. The second-order valence-electron chi connectivity index (χ2n) is 5.83. The van der Waals surface area contributed by atoms with Crippen LogP contribution in [0.2, 0.25) is 0 Å². The zero-order valence-electron chi connectivity index (χ0n) is 15.1. The van der Waals surface area contributed by atoms with Gasteiger partial charge in [-0.05, 0) is 49.8 Å². The second-order valence-corrected chi connectivity index (χ2v) is 5.83. The molecule has 6 nitrogen and oxygen atoms in total. The average molecular weight is 361 g/mol. The van der Waals surface area contributed by atoms with Crippen LogP contribution in [0.15, 0.2) is 54.1 Å². The Balaban J connectivity index is 2.10. The summed E-state index contributed by atoms with van der Waals surface area (Å²) in [6.45, 7) is 3.79. The fourth-order valence-corrected chi connectivity index (χ4v) is 2.21. The predicted molar refractivity (Wildman–Crippen MR) is 102 cm³/mol. The predicted octanol–water partition coefficient (Wildman–Crippen LogP) is 3.92. The Labute approximate surface area is 158 Å². The summed E-state index contributed by atoms with van der Waals surface area (Å²) < 4.78 is 10.8. The number of hydrogen-bond donors (Lipinski definition) is 1. The lowest BCUT2D eigenvalue weighted by Gasteiger charge is -2.11. The van der Waals surface area contributed by atoms with Crippen LogP contribution in [0.4, 0.5) is 5.69 Å². The molecule has 136 valence electrons. The largest absolute Gasteiger partial charge is 0.491 e. The van der Waals surface area contributed by atoms with Crippen molar-refractivity contribution in [3.63, 3.8) is 0 Å². The molecule has 0 spiro atoms. The third-order valence-electron chi connectivity index (χ3n) is 3.32. The van der Waals surface area contributed by atoms with E-state index in [4.69, 9.17) is 14.7 Å². The fraction of sp³-hybridized carbons (Fsp3) is 0.190. The zero-order valence-corrected chi connectivity index (χ0v) is 15.1. The first-order valence-corrected chi connectivity index (χ1v) is 8.31. The van der Waals surface area contributed by atoms with Gasteiger partial charge in [-0.1, -0.05) is 18.2 Å². The van der Waals surface area contributed by atoms with E-state index in [1.54, 1.807) is 48.5 Å². The SMILES string of the molecule is CC(C)Oc1cccc(NC(=O)/C(C#N)=C\c2ccc(OCC#N)cc2)c1. The van der Waals surface area contributed by atoms with Crippen molar-refractivity contribution in [1.82, 2.24) is 0 Å². The van der Waals surface area contributed by atoms with Gasteiger partial charge in [0.2, 0.25) is 0 Å². The van der Waals surface area contributed by atoms with E-state index < -0.39 is 5.91 Å². The summed E-state index contributed by atoms with van der Waals surface area (Å²) in [7, 11) is 0.